The van der Waals surface area contributed by atoms with Crippen molar-refractivity contribution in [2.45, 2.75) is 38.5 Å². The van der Waals surface area contributed by atoms with Crippen LogP contribution >= 0.6 is 11.8 Å². The zero-order valence-corrected chi connectivity index (χ0v) is 22.4. The highest BCUT2D eigenvalue weighted by molar-refractivity contribution is 7.99. The smallest absolute Gasteiger partial charge is 0.336 e. The molecule has 0 aromatic heterocycles. The molecule has 1 aliphatic carbocycles. The van der Waals surface area contributed by atoms with Gasteiger partial charge in [-0.25, -0.2) is 9.18 Å². The number of esters is 1. The number of halogens is 1. The lowest BCUT2D eigenvalue weighted by molar-refractivity contribution is -0.138. The number of thioether (sulfide) groups is 1. The summed E-state index contributed by atoms with van der Waals surface area (Å²) in [7, 11) is 3.16. The van der Waals surface area contributed by atoms with Crippen LogP contribution in [0.15, 0.2) is 65.0 Å². The van der Waals surface area contributed by atoms with Crippen LogP contribution in [-0.2, 0) is 14.3 Å². The molecule has 4 rings (SSSR count). The van der Waals surface area contributed by atoms with E-state index in [0.29, 0.717) is 46.1 Å². The number of hydrogen-bond acceptors (Lipinski definition) is 7. The summed E-state index contributed by atoms with van der Waals surface area (Å²) in [6.07, 6.45) is 0.825. The minimum atomic E-state index is -0.697. The van der Waals surface area contributed by atoms with E-state index in [-0.39, 0.29) is 24.7 Å². The first kappa shape index (κ1) is 26.8. The van der Waals surface area contributed by atoms with Crippen LogP contribution in [0.5, 0.6) is 11.5 Å². The quantitative estimate of drug-likeness (QED) is 0.342. The Labute approximate surface area is 221 Å². The van der Waals surface area contributed by atoms with Gasteiger partial charge in [0.2, 0.25) is 0 Å². The van der Waals surface area contributed by atoms with Crippen molar-refractivity contribution in [3.05, 3.63) is 81.9 Å². The van der Waals surface area contributed by atoms with Crippen LogP contribution in [0.4, 0.5) is 4.39 Å². The van der Waals surface area contributed by atoms with Crippen LogP contribution < -0.4 is 14.8 Å². The van der Waals surface area contributed by atoms with Gasteiger partial charge in [-0.2, -0.15) is 11.8 Å². The number of methoxy groups -OCH3 is 2. The van der Waals surface area contributed by atoms with Gasteiger partial charge in [-0.1, -0.05) is 25.1 Å². The Kier molecular flexibility index (Phi) is 8.59. The van der Waals surface area contributed by atoms with Crippen LogP contribution in [-0.4, -0.2) is 44.1 Å². The van der Waals surface area contributed by atoms with Crippen LogP contribution in [0.2, 0.25) is 0 Å². The number of Topliss-reactive ketones (excluding diaryl/α,β-unsaturated/α-hetero) is 1. The molecular formula is C29H32FNO5S. The van der Waals surface area contributed by atoms with Crippen LogP contribution in [0.3, 0.4) is 0 Å². The summed E-state index contributed by atoms with van der Waals surface area (Å²) < 4.78 is 30.7. The molecule has 0 saturated heterocycles. The van der Waals surface area contributed by atoms with Crippen molar-refractivity contribution in [3.63, 3.8) is 0 Å². The number of ether oxygens (including phenoxy) is 3. The van der Waals surface area contributed by atoms with Crippen molar-refractivity contribution in [2.75, 3.05) is 32.3 Å². The second-order valence-electron chi connectivity index (χ2n) is 9.02. The summed E-state index contributed by atoms with van der Waals surface area (Å²) in [4.78, 5) is 27.0. The lowest BCUT2D eigenvalue weighted by atomic mass is 9.71. The molecule has 2 aromatic rings. The molecule has 8 heteroatoms. The summed E-state index contributed by atoms with van der Waals surface area (Å²) in [5.41, 5.74) is 3.73. The Bertz CT molecular complexity index is 1250. The number of carbonyl (C=O) groups excluding carboxylic acids is 2. The SMILES string of the molecule is CCSCCOC(=O)C1=C(C)NC2=C(C(=O)C[C@@H](c3ccc(OC)c(OC)c3)C2)[C@@H]1c1cccc(F)c1. The van der Waals surface area contributed by atoms with Crippen LogP contribution in [0, 0.1) is 5.82 Å². The lowest BCUT2D eigenvalue weighted by Gasteiger charge is -2.36. The monoisotopic (exact) mass is 525 g/mol. The number of nitrogens with one attached hydrogen (secondary N) is 1. The zero-order chi connectivity index (χ0) is 26.5. The standard InChI is InChI=1S/C29H32FNO5S/c1-5-37-12-11-36-29(33)26-17(2)31-22-14-20(18-9-10-24(34-3)25(16-18)35-4)15-23(32)28(22)27(26)19-7-6-8-21(30)13-19/h6-10,13,16,20,27,31H,5,11-12,14-15H2,1-4H3/t20-,27+/m0/s1. The average Bonchev–Trinajstić information content (AvgIpc) is 2.89. The summed E-state index contributed by atoms with van der Waals surface area (Å²) in [5.74, 6) is 1.06. The zero-order valence-electron chi connectivity index (χ0n) is 21.6. The Hall–Kier alpha value is -3.26. The molecule has 1 N–H and O–H groups in total. The highest BCUT2D eigenvalue weighted by Crippen LogP contribution is 2.46. The number of carbonyl (C=O) groups is 2. The number of dihydropyridines is 1. The number of ketones is 1. The highest BCUT2D eigenvalue weighted by Gasteiger charge is 2.41. The molecule has 0 bridgehead atoms. The predicted molar refractivity (Wildman–Crippen MR) is 142 cm³/mol. The number of rotatable bonds is 9. The summed E-state index contributed by atoms with van der Waals surface area (Å²) in [5, 5.41) is 3.33. The molecule has 196 valence electrons. The summed E-state index contributed by atoms with van der Waals surface area (Å²) >= 11 is 1.68. The topological polar surface area (TPSA) is 73.9 Å². The first-order valence-corrected chi connectivity index (χ1v) is 13.5. The van der Waals surface area contributed by atoms with Crippen molar-refractivity contribution in [1.29, 1.82) is 0 Å². The fourth-order valence-corrected chi connectivity index (χ4v) is 5.58. The Morgan fingerprint density at radius 1 is 1.08 bits per heavy atom. The molecule has 0 fully saturated rings. The van der Waals surface area contributed by atoms with E-state index in [1.807, 2.05) is 25.1 Å². The number of allylic oxidation sites excluding steroid dienone is 3. The maximum absolute atomic E-state index is 14.3. The molecule has 0 unspecified atom stereocenters. The molecule has 0 saturated carbocycles. The highest BCUT2D eigenvalue weighted by atomic mass is 32.2. The van der Waals surface area contributed by atoms with E-state index in [1.54, 1.807) is 45.0 Å². The van der Waals surface area contributed by atoms with Gasteiger partial charge in [0, 0.05) is 35.1 Å². The Morgan fingerprint density at radius 3 is 2.57 bits per heavy atom. The molecular weight excluding hydrogens is 493 g/mol. The van der Waals surface area contributed by atoms with E-state index < -0.39 is 17.7 Å². The second-order valence-corrected chi connectivity index (χ2v) is 10.4. The van der Waals surface area contributed by atoms with E-state index in [4.69, 9.17) is 14.2 Å². The molecule has 0 amide bonds. The minimum Gasteiger partial charge on any atom is -0.493 e. The van der Waals surface area contributed by atoms with Gasteiger partial charge in [0.05, 0.1) is 19.8 Å². The molecule has 0 spiro atoms. The van der Waals surface area contributed by atoms with E-state index in [9.17, 15) is 14.0 Å². The first-order chi connectivity index (χ1) is 17.9. The average molecular weight is 526 g/mol. The number of benzene rings is 2. The fraction of sp³-hybridized carbons (Fsp3) is 0.379. The van der Waals surface area contributed by atoms with Gasteiger partial charge in [0.25, 0.3) is 0 Å². The Morgan fingerprint density at radius 2 is 1.86 bits per heavy atom. The maximum Gasteiger partial charge on any atom is 0.336 e. The molecule has 2 aliphatic rings. The molecule has 6 nitrogen and oxygen atoms in total. The third kappa shape index (κ3) is 5.69. The van der Waals surface area contributed by atoms with Gasteiger partial charge < -0.3 is 19.5 Å². The van der Waals surface area contributed by atoms with E-state index >= 15 is 0 Å². The van der Waals surface area contributed by atoms with Gasteiger partial charge in [0.15, 0.2) is 17.3 Å². The summed E-state index contributed by atoms with van der Waals surface area (Å²) in [6.45, 7) is 4.12. The largest absolute Gasteiger partial charge is 0.493 e. The van der Waals surface area contributed by atoms with Gasteiger partial charge in [-0.15, -0.1) is 0 Å². The van der Waals surface area contributed by atoms with Gasteiger partial charge in [0.1, 0.15) is 12.4 Å². The van der Waals surface area contributed by atoms with Gasteiger partial charge >= 0.3 is 5.97 Å². The maximum atomic E-state index is 14.3. The van der Waals surface area contributed by atoms with Crippen molar-refractivity contribution in [3.8, 4) is 11.5 Å². The molecule has 37 heavy (non-hydrogen) atoms. The van der Waals surface area contributed by atoms with Crippen molar-refractivity contribution >= 4 is 23.5 Å². The van der Waals surface area contributed by atoms with Crippen LogP contribution in [0.25, 0.3) is 0 Å². The third-order valence-corrected chi connectivity index (χ3v) is 7.64. The summed E-state index contributed by atoms with van der Waals surface area (Å²) in [6, 6.07) is 11.8. The Balaban J connectivity index is 1.71. The van der Waals surface area contributed by atoms with Crippen LogP contribution in [0.1, 0.15) is 49.7 Å². The van der Waals surface area contributed by atoms with E-state index in [1.165, 1.54) is 12.1 Å². The molecule has 1 heterocycles. The van der Waals surface area contributed by atoms with E-state index in [0.717, 1.165) is 17.0 Å². The van der Waals surface area contributed by atoms with Gasteiger partial charge in [-0.05, 0) is 60.4 Å². The fourth-order valence-electron chi connectivity index (χ4n) is 5.09. The third-order valence-electron chi connectivity index (χ3n) is 6.77. The predicted octanol–water partition coefficient (Wildman–Crippen LogP) is 5.50. The van der Waals surface area contributed by atoms with Crippen molar-refractivity contribution in [2.24, 2.45) is 0 Å². The normalized spacial score (nSPS) is 19.3. The molecule has 1 aliphatic heterocycles. The van der Waals surface area contributed by atoms with Gasteiger partial charge in [-0.3, -0.25) is 4.79 Å². The van der Waals surface area contributed by atoms with Crippen molar-refractivity contribution < 1.29 is 28.2 Å². The minimum absolute atomic E-state index is 0.0814. The molecule has 0 radical (unpaired) electrons. The molecule has 2 atom stereocenters. The van der Waals surface area contributed by atoms with Crippen molar-refractivity contribution in [1.82, 2.24) is 5.32 Å². The van der Waals surface area contributed by atoms with E-state index in [2.05, 4.69) is 5.32 Å². The molecule has 2 aromatic carbocycles. The lowest BCUT2D eigenvalue weighted by Crippen LogP contribution is -2.36. The number of hydrogen-bond donors (Lipinski definition) is 1. The second kappa shape index (κ2) is 11.9. The first-order valence-electron chi connectivity index (χ1n) is 12.3.